The average Bonchev–Trinajstić information content (AvgIpc) is 3.22. The third-order valence-electron chi connectivity index (χ3n) is 5.64. The highest BCUT2D eigenvalue weighted by molar-refractivity contribution is 5.93. The molecule has 1 atom stereocenters. The third kappa shape index (κ3) is 4.91. The van der Waals surface area contributed by atoms with E-state index in [1.807, 2.05) is 43.3 Å². The summed E-state index contributed by atoms with van der Waals surface area (Å²) in [6.07, 6.45) is 1.47. The zero-order valence-electron chi connectivity index (χ0n) is 17.1. The molecule has 2 heterocycles. The SMILES string of the molecule is C[C@H](NC(=O)CN1CCC(C(=O)Nc2ccc3c(c2)OCO3)CC1)c1ccccc1. The molecule has 2 amide bonds. The lowest BCUT2D eigenvalue weighted by Crippen LogP contribution is -2.43. The molecule has 0 radical (unpaired) electrons. The first-order valence-corrected chi connectivity index (χ1v) is 10.4. The lowest BCUT2D eigenvalue weighted by molar-refractivity contribution is -0.124. The first kappa shape index (κ1) is 20.2. The number of amides is 2. The van der Waals surface area contributed by atoms with Crippen molar-refractivity contribution in [3.05, 3.63) is 54.1 Å². The van der Waals surface area contributed by atoms with Crippen LogP contribution < -0.4 is 20.1 Å². The van der Waals surface area contributed by atoms with Crippen LogP contribution in [-0.4, -0.2) is 43.1 Å². The van der Waals surface area contributed by atoms with Gasteiger partial charge in [0.05, 0.1) is 12.6 Å². The number of ether oxygens (including phenoxy) is 2. The maximum Gasteiger partial charge on any atom is 0.234 e. The van der Waals surface area contributed by atoms with Gasteiger partial charge in [-0.05, 0) is 50.6 Å². The van der Waals surface area contributed by atoms with Gasteiger partial charge in [0, 0.05) is 17.7 Å². The van der Waals surface area contributed by atoms with Crippen LogP contribution in [0.15, 0.2) is 48.5 Å². The highest BCUT2D eigenvalue weighted by Crippen LogP contribution is 2.34. The molecule has 0 saturated carbocycles. The summed E-state index contributed by atoms with van der Waals surface area (Å²) < 4.78 is 10.6. The zero-order valence-corrected chi connectivity index (χ0v) is 17.1. The number of benzene rings is 2. The lowest BCUT2D eigenvalue weighted by atomic mass is 9.95. The maximum atomic E-state index is 12.6. The van der Waals surface area contributed by atoms with Crippen LogP contribution in [0, 0.1) is 5.92 Å². The number of anilines is 1. The van der Waals surface area contributed by atoms with Crippen LogP contribution in [0.25, 0.3) is 0 Å². The van der Waals surface area contributed by atoms with Crippen LogP contribution in [0.3, 0.4) is 0 Å². The third-order valence-corrected chi connectivity index (χ3v) is 5.64. The summed E-state index contributed by atoms with van der Waals surface area (Å²) in [7, 11) is 0. The second-order valence-electron chi connectivity index (χ2n) is 7.81. The van der Waals surface area contributed by atoms with Crippen LogP contribution in [0.4, 0.5) is 5.69 Å². The van der Waals surface area contributed by atoms with E-state index in [1.54, 1.807) is 12.1 Å². The van der Waals surface area contributed by atoms with Gasteiger partial charge in [-0.2, -0.15) is 0 Å². The van der Waals surface area contributed by atoms with Crippen LogP contribution in [-0.2, 0) is 9.59 Å². The molecule has 158 valence electrons. The van der Waals surface area contributed by atoms with Crippen molar-refractivity contribution in [3.63, 3.8) is 0 Å². The van der Waals surface area contributed by atoms with E-state index < -0.39 is 0 Å². The minimum atomic E-state index is -0.0574. The van der Waals surface area contributed by atoms with Crippen LogP contribution >= 0.6 is 0 Å². The number of hydrogen-bond donors (Lipinski definition) is 2. The van der Waals surface area contributed by atoms with Crippen molar-refractivity contribution in [2.24, 2.45) is 5.92 Å². The molecule has 2 N–H and O–H groups in total. The average molecular weight is 409 g/mol. The first-order valence-electron chi connectivity index (χ1n) is 10.4. The van der Waals surface area contributed by atoms with E-state index in [2.05, 4.69) is 15.5 Å². The molecule has 4 rings (SSSR count). The number of rotatable bonds is 6. The minimum absolute atomic E-state index is 0.00890. The van der Waals surface area contributed by atoms with Crippen LogP contribution in [0.5, 0.6) is 11.5 Å². The Morgan fingerprint density at radius 1 is 1.07 bits per heavy atom. The van der Waals surface area contributed by atoms with Gasteiger partial charge >= 0.3 is 0 Å². The largest absolute Gasteiger partial charge is 0.454 e. The first-order chi connectivity index (χ1) is 14.6. The normalized spacial score (nSPS) is 17.4. The second-order valence-corrected chi connectivity index (χ2v) is 7.81. The topological polar surface area (TPSA) is 79.9 Å². The Morgan fingerprint density at radius 3 is 2.57 bits per heavy atom. The Morgan fingerprint density at radius 2 is 1.80 bits per heavy atom. The number of fused-ring (bicyclic) bond motifs is 1. The molecule has 7 heteroatoms. The summed E-state index contributed by atoms with van der Waals surface area (Å²) >= 11 is 0. The van der Waals surface area contributed by atoms with Crippen molar-refractivity contribution in [3.8, 4) is 11.5 Å². The molecule has 2 aromatic rings. The van der Waals surface area contributed by atoms with Gasteiger partial charge in [-0.15, -0.1) is 0 Å². The molecule has 0 unspecified atom stereocenters. The van der Waals surface area contributed by atoms with E-state index in [0.29, 0.717) is 23.7 Å². The smallest absolute Gasteiger partial charge is 0.234 e. The minimum Gasteiger partial charge on any atom is -0.454 e. The number of hydrogen-bond acceptors (Lipinski definition) is 5. The fourth-order valence-electron chi connectivity index (χ4n) is 3.89. The number of likely N-dealkylation sites (tertiary alicyclic amines) is 1. The van der Waals surface area contributed by atoms with Gasteiger partial charge in [0.2, 0.25) is 18.6 Å². The summed E-state index contributed by atoms with van der Waals surface area (Å²) in [5, 5.41) is 6.02. The van der Waals surface area contributed by atoms with Gasteiger partial charge in [-0.3, -0.25) is 14.5 Å². The van der Waals surface area contributed by atoms with Gasteiger partial charge in [0.1, 0.15) is 0 Å². The Labute approximate surface area is 176 Å². The number of nitrogens with zero attached hydrogens (tertiary/aromatic N) is 1. The number of carbonyl (C=O) groups excluding carboxylic acids is 2. The molecular weight excluding hydrogens is 382 g/mol. The molecule has 0 aliphatic carbocycles. The molecular formula is C23H27N3O4. The van der Waals surface area contributed by atoms with Crippen molar-refractivity contribution >= 4 is 17.5 Å². The molecule has 2 aromatic carbocycles. The lowest BCUT2D eigenvalue weighted by Gasteiger charge is -2.31. The Kier molecular flexibility index (Phi) is 6.18. The second kappa shape index (κ2) is 9.17. The Hall–Kier alpha value is -3.06. The molecule has 2 aliphatic rings. The van der Waals surface area contributed by atoms with Crippen molar-refractivity contribution in [1.82, 2.24) is 10.2 Å². The van der Waals surface area contributed by atoms with E-state index in [0.717, 1.165) is 31.5 Å². The number of piperidine rings is 1. The van der Waals surface area contributed by atoms with E-state index in [1.165, 1.54) is 0 Å². The summed E-state index contributed by atoms with van der Waals surface area (Å²) in [6.45, 7) is 4.01. The van der Waals surface area contributed by atoms with Crippen molar-refractivity contribution in [1.29, 1.82) is 0 Å². The molecule has 0 bridgehead atoms. The van der Waals surface area contributed by atoms with E-state index in [4.69, 9.17) is 9.47 Å². The van der Waals surface area contributed by atoms with Crippen molar-refractivity contribution in [2.75, 3.05) is 31.7 Å². The molecule has 7 nitrogen and oxygen atoms in total. The zero-order chi connectivity index (χ0) is 20.9. The number of carbonyl (C=O) groups is 2. The number of nitrogens with one attached hydrogen (secondary N) is 2. The highest BCUT2D eigenvalue weighted by atomic mass is 16.7. The summed E-state index contributed by atoms with van der Waals surface area (Å²) in [5.41, 5.74) is 1.80. The molecule has 2 aliphatic heterocycles. The highest BCUT2D eigenvalue weighted by Gasteiger charge is 2.26. The van der Waals surface area contributed by atoms with E-state index >= 15 is 0 Å². The fourth-order valence-corrected chi connectivity index (χ4v) is 3.89. The van der Waals surface area contributed by atoms with Crippen LogP contribution in [0.1, 0.15) is 31.4 Å². The van der Waals surface area contributed by atoms with Gasteiger partial charge < -0.3 is 20.1 Å². The summed E-state index contributed by atoms with van der Waals surface area (Å²) in [4.78, 5) is 27.1. The van der Waals surface area contributed by atoms with Gasteiger partial charge in [-0.25, -0.2) is 0 Å². The van der Waals surface area contributed by atoms with Crippen molar-refractivity contribution < 1.29 is 19.1 Å². The maximum absolute atomic E-state index is 12.6. The monoisotopic (exact) mass is 409 g/mol. The molecule has 1 saturated heterocycles. The van der Waals surface area contributed by atoms with Crippen molar-refractivity contribution in [2.45, 2.75) is 25.8 Å². The van der Waals surface area contributed by atoms with Crippen LogP contribution in [0.2, 0.25) is 0 Å². The standard InChI is InChI=1S/C23H27N3O4/c1-16(17-5-3-2-4-6-17)24-22(27)14-26-11-9-18(10-12-26)23(28)25-19-7-8-20-21(13-19)30-15-29-20/h2-8,13,16,18H,9-12,14-15H2,1H3,(H,24,27)(H,25,28)/t16-/m0/s1. The predicted octanol–water partition coefficient (Wildman–Crippen LogP) is 2.94. The molecule has 0 aromatic heterocycles. The van der Waals surface area contributed by atoms with Gasteiger partial charge in [-0.1, -0.05) is 30.3 Å². The predicted molar refractivity (Wildman–Crippen MR) is 113 cm³/mol. The van der Waals surface area contributed by atoms with Gasteiger partial charge in [0.15, 0.2) is 11.5 Å². The van der Waals surface area contributed by atoms with E-state index in [-0.39, 0.29) is 30.6 Å². The Bertz CT molecular complexity index is 895. The van der Waals surface area contributed by atoms with Gasteiger partial charge in [0.25, 0.3) is 0 Å². The summed E-state index contributed by atoms with van der Waals surface area (Å²) in [5.74, 6) is 1.31. The molecule has 30 heavy (non-hydrogen) atoms. The summed E-state index contributed by atoms with van der Waals surface area (Å²) in [6, 6.07) is 15.3. The van der Waals surface area contributed by atoms with E-state index in [9.17, 15) is 9.59 Å². The fraction of sp³-hybridized carbons (Fsp3) is 0.391. The molecule has 0 spiro atoms. The molecule has 1 fully saturated rings. The Balaban J connectivity index is 1.21. The quantitative estimate of drug-likeness (QED) is 0.767.